The highest BCUT2D eigenvalue weighted by Gasteiger charge is 2.57. The van der Waals surface area contributed by atoms with Crippen molar-refractivity contribution in [1.29, 1.82) is 0 Å². The molecule has 53 heavy (non-hydrogen) atoms. The van der Waals surface area contributed by atoms with Gasteiger partial charge in [0, 0.05) is 74.5 Å². The third-order valence-corrected chi connectivity index (χ3v) is 12.7. The van der Waals surface area contributed by atoms with E-state index in [1.54, 1.807) is 11.0 Å². The molecule has 1 aromatic carbocycles. The summed E-state index contributed by atoms with van der Waals surface area (Å²) in [5.41, 5.74) is -1.52. The number of ether oxygens (including phenoxy) is 2. The van der Waals surface area contributed by atoms with Crippen molar-refractivity contribution in [2.24, 2.45) is 23.7 Å². The van der Waals surface area contributed by atoms with Crippen LogP contribution in [0.4, 0.5) is 17.6 Å². The molecule has 2 N–H and O–H groups in total. The molecule has 3 aliphatic carbocycles. The molecule has 2 aromatic heterocycles. The van der Waals surface area contributed by atoms with E-state index in [9.17, 15) is 23.5 Å². The number of hydrogen-bond acceptors (Lipinski definition) is 7. The smallest absolute Gasteiger partial charge is 0.329 e. The molecule has 4 heterocycles. The largest absolute Gasteiger partial charge is 0.490 e. The number of carboxylic acids is 1. The number of fused-ring (bicyclic) bond motifs is 3. The minimum absolute atomic E-state index is 0.0127. The van der Waals surface area contributed by atoms with Gasteiger partial charge in [0.25, 0.3) is 17.8 Å². The number of likely N-dealkylation sites (tertiary alicyclic amines) is 1. The molecule has 10 nitrogen and oxygen atoms in total. The van der Waals surface area contributed by atoms with Crippen molar-refractivity contribution in [3.63, 3.8) is 0 Å². The average molecular weight is 742 g/mol. The van der Waals surface area contributed by atoms with Gasteiger partial charge in [-0.25, -0.2) is 23.5 Å². The number of halogens is 4. The first kappa shape index (κ1) is 36.2. The van der Waals surface area contributed by atoms with Crippen molar-refractivity contribution < 1.29 is 41.7 Å². The summed E-state index contributed by atoms with van der Waals surface area (Å²) in [4.78, 5) is 37.5. The minimum atomic E-state index is -3.55. The summed E-state index contributed by atoms with van der Waals surface area (Å²) >= 11 is 0. The molecule has 5 unspecified atom stereocenters. The third-order valence-electron chi connectivity index (χ3n) is 12.7. The van der Waals surface area contributed by atoms with Crippen LogP contribution in [0, 0.1) is 23.7 Å². The van der Waals surface area contributed by atoms with Crippen LogP contribution < -0.4 is 10.1 Å². The van der Waals surface area contributed by atoms with E-state index in [1.807, 2.05) is 25.3 Å². The Morgan fingerprint density at radius 2 is 1.77 bits per heavy atom. The maximum absolute atomic E-state index is 15.4. The van der Waals surface area contributed by atoms with E-state index in [4.69, 9.17) is 9.47 Å². The Labute approximate surface area is 305 Å². The number of nitrogens with one attached hydrogen (secondary N) is 1. The number of rotatable bonds is 9. The molecule has 5 fully saturated rings. The number of hydrogen-bond donors (Lipinski definition) is 2. The van der Waals surface area contributed by atoms with Gasteiger partial charge in [0.1, 0.15) is 23.1 Å². The Bertz CT molecular complexity index is 1890. The summed E-state index contributed by atoms with van der Waals surface area (Å²) in [6.07, 6.45) is 8.58. The van der Waals surface area contributed by atoms with E-state index in [1.165, 1.54) is 0 Å². The molecule has 8 rings (SSSR count). The van der Waals surface area contributed by atoms with Gasteiger partial charge in [-0.05, 0) is 74.3 Å². The molecule has 2 saturated heterocycles. The SMILES string of the molecule is CC1CC2CC(C)C(NC(=O)c3cnc(-c4cn(C5CCOCC5)c5cc(OC6CC(N7CC(F)(F)C7)C6)ccc45)nc3C(C)(F)F)(C(=O)O)C(C1)C2. The molecule has 286 valence electrons. The van der Waals surface area contributed by atoms with Crippen LogP contribution in [0.15, 0.2) is 30.6 Å². The first-order valence-electron chi connectivity index (χ1n) is 18.9. The molecule has 3 saturated carbocycles. The second-order valence-corrected chi connectivity index (χ2v) is 16.6. The molecule has 5 atom stereocenters. The van der Waals surface area contributed by atoms with Gasteiger partial charge in [-0.15, -0.1) is 0 Å². The van der Waals surface area contributed by atoms with Gasteiger partial charge in [-0.1, -0.05) is 13.8 Å². The lowest BCUT2D eigenvalue weighted by Gasteiger charge is -2.52. The molecular formula is C39H47F4N5O5. The van der Waals surface area contributed by atoms with Gasteiger partial charge in [0.05, 0.1) is 24.2 Å². The number of benzene rings is 1. The van der Waals surface area contributed by atoms with Gasteiger partial charge in [-0.2, -0.15) is 8.78 Å². The fourth-order valence-electron chi connectivity index (χ4n) is 10.0. The Morgan fingerprint density at radius 3 is 2.45 bits per heavy atom. The van der Waals surface area contributed by atoms with Gasteiger partial charge in [0.15, 0.2) is 5.82 Å². The van der Waals surface area contributed by atoms with Crippen LogP contribution in [0.3, 0.4) is 0 Å². The van der Waals surface area contributed by atoms with Gasteiger partial charge >= 0.3 is 5.97 Å². The zero-order valence-corrected chi connectivity index (χ0v) is 30.3. The minimum Gasteiger partial charge on any atom is -0.490 e. The molecule has 1 amide bonds. The van der Waals surface area contributed by atoms with Crippen molar-refractivity contribution in [1.82, 2.24) is 24.8 Å². The zero-order chi connectivity index (χ0) is 37.4. The van der Waals surface area contributed by atoms with Crippen LogP contribution >= 0.6 is 0 Å². The zero-order valence-electron chi connectivity index (χ0n) is 30.3. The molecular weight excluding hydrogens is 694 g/mol. The second kappa shape index (κ2) is 13.2. The quantitative estimate of drug-likeness (QED) is 0.224. The molecule has 3 aromatic rings. The highest BCUT2D eigenvalue weighted by Crippen LogP contribution is 2.50. The first-order chi connectivity index (χ1) is 25.1. The Balaban J connectivity index is 1.10. The molecule has 0 spiro atoms. The van der Waals surface area contributed by atoms with Crippen molar-refractivity contribution in [3.05, 3.63) is 41.9 Å². The molecule has 5 aliphatic rings. The number of alkyl halides is 4. The van der Waals surface area contributed by atoms with Crippen LogP contribution in [0.25, 0.3) is 22.3 Å². The first-order valence-corrected chi connectivity index (χ1v) is 18.9. The van der Waals surface area contributed by atoms with Gasteiger partial charge in [0.2, 0.25) is 0 Å². The fraction of sp³-hybridized carbons (Fsp3) is 0.641. The lowest BCUT2D eigenvalue weighted by Crippen LogP contribution is -2.66. The number of nitrogens with zero attached hydrogens (tertiary/aromatic N) is 4. The number of carbonyl (C=O) groups excluding carboxylic acids is 1. The van der Waals surface area contributed by atoms with Crippen molar-refractivity contribution in [3.8, 4) is 17.1 Å². The van der Waals surface area contributed by atoms with Crippen molar-refractivity contribution in [2.75, 3.05) is 26.3 Å². The van der Waals surface area contributed by atoms with Crippen LogP contribution in [0.1, 0.15) is 94.2 Å². The number of carboxylic acid groups (broad SMARTS) is 1. The number of amides is 1. The van der Waals surface area contributed by atoms with Gasteiger partial charge < -0.3 is 24.5 Å². The highest BCUT2D eigenvalue weighted by molar-refractivity contribution is 6.00. The van der Waals surface area contributed by atoms with Crippen LogP contribution in [-0.2, 0) is 15.5 Å². The standard InChI is InChI=1S/C39H47F4N5O5/c1-21-10-23-12-22(2)39(36(50)51,24(11-21)13-23)46-35(49)30-17-44-34(45-33(30)37(3,40)41)31-18-48(25-6-8-52-9-7-25)32-16-27(4-5-29(31)32)53-28-14-26(15-28)47-19-38(42,43)20-47/h4-5,16-18,21-26,28H,6-15,19-20H2,1-3H3,(H,46,49)(H,50,51). The summed E-state index contributed by atoms with van der Waals surface area (Å²) in [5.74, 6) is -7.65. The van der Waals surface area contributed by atoms with Gasteiger partial charge in [-0.3, -0.25) is 9.69 Å². The molecule has 0 radical (unpaired) electrons. The van der Waals surface area contributed by atoms with E-state index in [0.717, 1.165) is 31.0 Å². The van der Waals surface area contributed by atoms with E-state index in [0.29, 0.717) is 80.8 Å². The van der Waals surface area contributed by atoms with Crippen LogP contribution in [0.5, 0.6) is 5.75 Å². The van der Waals surface area contributed by atoms with E-state index < -0.39 is 46.4 Å². The predicted octanol–water partition coefficient (Wildman–Crippen LogP) is 7.07. The molecule has 14 heteroatoms. The number of aliphatic carboxylic acids is 1. The van der Waals surface area contributed by atoms with Crippen LogP contribution in [-0.4, -0.2) is 86.3 Å². The molecule has 2 bridgehead atoms. The predicted molar refractivity (Wildman–Crippen MR) is 187 cm³/mol. The topological polar surface area (TPSA) is 119 Å². The summed E-state index contributed by atoms with van der Waals surface area (Å²) in [6.45, 7) is 5.30. The summed E-state index contributed by atoms with van der Waals surface area (Å²) in [6, 6.07) is 5.69. The van der Waals surface area contributed by atoms with Crippen LogP contribution in [0.2, 0.25) is 0 Å². The summed E-state index contributed by atoms with van der Waals surface area (Å²) < 4.78 is 71.6. The number of aromatic nitrogens is 3. The van der Waals surface area contributed by atoms with E-state index >= 15 is 8.78 Å². The Hall–Kier alpha value is -3.78. The van der Waals surface area contributed by atoms with Crippen molar-refractivity contribution in [2.45, 2.75) is 108 Å². The van der Waals surface area contributed by atoms with E-state index in [2.05, 4.69) is 26.8 Å². The fourth-order valence-corrected chi connectivity index (χ4v) is 10.0. The van der Waals surface area contributed by atoms with E-state index in [-0.39, 0.29) is 43.0 Å². The molecule has 2 aliphatic heterocycles. The summed E-state index contributed by atoms with van der Waals surface area (Å²) in [7, 11) is 0. The third kappa shape index (κ3) is 6.57. The average Bonchev–Trinajstić information content (AvgIpc) is 3.45. The second-order valence-electron chi connectivity index (χ2n) is 16.6. The maximum Gasteiger partial charge on any atom is 0.329 e. The monoisotopic (exact) mass is 741 g/mol. The normalized spacial score (nSPS) is 31.8. The Kier molecular flexibility index (Phi) is 9.02. The summed E-state index contributed by atoms with van der Waals surface area (Å²) in [5, 5.41) is 14.1. The number of carbonyl (C=O) groups is 2. The lowest BCUT2D eigenvalue weighted by molar-refractivity contribution is -0.165. The Morgan fingerprint density at radius 1 is 1.04 bits per heavy atom. The highest BCUT2D eigenvalue weighted by atomic mass is 19.3. The van der Waals surface area contributed by atoms with Crippen molar-refractivity contribution >= 4 is 22.8 Å². The lowest BCUT2D eigenvalue weighted by atomic mass is 9.56. The maximum atomic E-state index is 15.4.